The summed E-state index contributed by atoms with van der Waals surface area (Å²) in [5.74, 6) is 0.608. The lowest BCUT2D eigenvalue weighted by molar-refractivity contribution is 0.934. The van der Waals surface area contributed by atoms with Crippen LogP contribution in [0.1, 0.15) is 25.1 Å². The van der Waals surface area contributed by atoms with Crippen LogP contribution in [0.15, 0.2) is 35.4 Å². The third-order valence-electron chi connectivity index (χ3n) is 2.50. The van der Waals surface area contributed by atoms with Gasteiger partial charge in [-0.3, -0.25) is 5.43 Å². The Morgan fingerprint density at radius 3 is 2.55 bits per heavy atom. The average molecular weight is 309 g/mol. The minimum absolute atomic E-state index is 0.608. The van der Waals surface area contributed by atoms with E-state index in [1.54, 1.807) is 6.07 Å². The molecule has 0 radical (unpaired) electrons. The van der Waals surface area contributed by atoms with Crippen molar-refractivity contribution in [2.75, 3.05) is 5.43 Å². The largest absolute Gasteiger partial charge is 0.260 e. The second-order valence-electron chi connectivity index (χ2n) is 4.49. The quantitative estimate of drug-likeness (QED) is 0.681. The number of hydrogen-bond acceptors (Lipinski definition) is 4. The van der Waals surface area contributed by atoms with Gasteiger partial charge in [0.15, 0.2) is 5.82 Å². The minimum Gasteiger partial charge on any atom is -0.260 e. The Labute approximate surface area is 127 Å². The predicted octanol–water partition coefficient (Wildman–Crippen LogP) is 4.18. The number of nitrogens with one attached hydrogen (secondary N) is 1. The Morgan fingerprint density at radius 1 is 1.15 bits per heavy atom. The fraction of sp³-hybridized carbons (Fsp3) is 0.214. The smallest absolute Gasteiger partial charge is 0.168 e. The van der Waals surface area contributed by atoms with Crippen molar-refractivity contribution in [1.82, 2.24) is 10.2 Å². The van der Waals surface area contributed by atoms with Gasteiger partial charge in [-0.1, -0.05) is 29.3 Å². The van der Waals surface area contributed by atoms with E-state index in [-0.39, 0.29) is 0 Å². The molecule has 1 heterocycles. The lowest BCUT2D eigenvalue weighted by atomic mass is 10.1. The highest BCUT2D eigenvalue weighted by molar-refractivity contribution is 6.35. The van der Waals surface area contributed by atoms with Gasteiger partial charge in [-0.05, 0) is 43.7 Å². The zero-order valence-corrected chi connectivity index (χ0v) is 12.7. The summed E-state index contributed by atoms with van der Waals surface area (Å²) in [7, 11) is 0. The molecule has 1 aromatic carbocycles. The number of hydrazone groups is 1. The third kappa shape index (κ3) is 4.18. The van der Waals surface area contributed by atoms with Crippen LogP contribution in [0.5, 0.6) is 0 Å². The summed E-state index contributed by atoms with van der Waals surface area (Å²) in [5.41, 5.74) is 5.54. The molecule has 6 heteroatoms. The van der Waals surface area contributed by atoms with Crippen LogP contribution in [-0.2, 0) is 6.42 Å². The number of rotatable bonds is 4. The molecule has 0 spiro atoms. The maximum absolute atomic E-state index is 6.13. The molecule has 1 aromatic heterocycles. The summed E-state index contributed by atoms with van der Waals surface area (Å²) in [4.78, 5) is 0. The van der Waals surface area contributed by atoms with Crippen molar-refractivity contribution in [3.8, 4) is 0 Å². The highest BCUT2D eigenvalue weighted by atomic mass is 35.5. The van der Waals surface area contributed by atoms with Crippen molar-refractivity contribution < 1.29 is 0 Å². The van der Waals surface area contributed by atoms with Crippen LogP contribution in [0, 0.1) is 0 Å². The molecule has 0 saturated carbocycles. The second-order valence-corrected chi connectivity index (χ2v) is 5.34. The Bertz CT molecular complexity index is 620. The number of hydrogen-bond donors (Lipinski definition) is 1. The molecule has 0 aliphatic rings. The molecule has 4 nitrogen and oxygen atoms in total. The van der Waals surface area contributed by atoms with Crippen molar-refractivity contribution in [2.24, 2.45) is 5.10 Å². The number of nitrogens with zero attached hydrogens (tertiary/aromatic N) is 3. The lowest BCUT2D eigenvalue weighted by Gasteiger charge is -2.05. The van der Waals surface area contributed by atoms with Gasteiger partial charge >= 0.3 is 0 Å². The van der Waals surface area contributed by atoms with E-state index in [1.165, 1.54) is 0 Å². The minimum atomic E-state index is 0.608. The van der Waals surface area contributed by atoms with Gasteiger partial charge in [0.1, 0.15) is 0 Å². The third-order valence-corrected chi connectivity index (χ3v) is 3.09. The maximum Gasteiger partial charge on any atom is 0.168 e. The number of anilines is 1. The van der Waals surface area contributed by atoms with E-state index >= 15 is 0 Å². The van der Waals surface area contributed by atoms with Crippen LogP contribution < -0.4 is 5.43 Å². The first-order valence-electron chi connectivity index (χ1n) is 6.08. The van der Waals surface area contributed by atoms with E-state index in [0.717, 1.165) is 17.0 Å². The Hall–Kier alpha value is -1.65. The average Bonchev–Trinajstić information content (AvgIpc) is 2.41. The maximum atomic E-state index is 6.13. The van der Waals surface area contributed by atoms with Crippen molar-refractivity contribution in [3.63, 3.8) is 0 Å². The van der Waals surface area contributed by atoms with Crippen molar-refractivity contribution in [2.45, 2.75) is 20.3 Å². The zero-order valence-electron chi connectivity index (χ0n) is 11.2. The molecule has 0 atom stereocenters. The lowest BCUT2D eigenvalue weighted by Crippen LogP contribution is -2.00. The Morgan fingerprint density at radius 2 is 1.95 bits per heavy atom. The normalized spacial score (nSPS) is 10.2. The van der Waals surface area contributed by atoms with Crippen LogP contribution in [0.4, 0.5) is 5.82 Å². The van der Waals surface area contributed by atoms with E-state index in [1.807, 2.05) is 38.1 Å². The molecule has 0 bridgehead atoms. The van der Waals surface area contributed by atoms with Gasteiger partial charge in [-0.15, -0.1) is 5.10 Å². The Balaban J connectivity index is 2.08. The molecule has 0 unspecified atom stereocenters. The van der Waals surface area contributed by atoms with E-state index in [9.17, 15) is 0 Å². The van der Waals surface area contributed by atoms with Crippen LogP contribution in [0.25, 0.3) is 0 Å². The van der Waals surface area contributed by atoms with Crippen LogP contribution >= 0.6 is 23.2 Å². The summed E-state index contributed by atoms with van der Waals surface area (Å²) in [5, 5.41) is 13.5. The number of aromatic nitrogens is 2. The number of halogens is 2. The first kappa shape index (κ1) is 14.8. The molecule has 0 aliphatic heterocycles. The summed E-state index contributed by atoms with van der Waals surface area (Å²) in [6.07, 6.45) is 0.610. The van der Waals surface area contributed by atoms with Gasteiger partial charge in [-0.25, -0.2) is 0 Å². The molecule has 0 fully saturated rings. The highest BCUT2D eigenvalue weighted by Gasteiger charge is 2.04. The highest BCUT2D eigenvalue weighted by Crippen LogP contribution is 2.22. The van der Waals surface area contributed by atoms with Gasteiger partial charge in [0.25, 0.3) is 0 Å². The topological polar surface area (TPSA) is 50.2 Å². The van der Waals surface area contributed by atoms with E-state index in [4.69, 9.17) is 23.2 Å². The molecule has 2 rings (SSSR count). The molecule has 0 saturated heterocycles. The van der Waals surface area contributed by atoms with Gasteiger partial charge in [0, 0.05) is 22.2 Å². The summed E-state index contributed by atoms with van der Waals surface area (Å²) >= 11 is 12.0. The molecule has 1 N–H and O–H groups in total. The molecule has 2 aromatic rings. The van der Waals surface area contributed by atoms with E-state index < -0.39 is 0 Å². The summed E-state index contributed by atoms with van der Waals surface area (Å²) < 4.78 is 0. The molecule has 104 valence electrons. The van der Waals surface area contributed by atoms with E-state index in [2.05, 4.69) is 20.7 Å². The van der Waals surface area contributed by atoms with Gasteiger partial charge < -0.3 is 0 Å². The van der Waals surface area contributed by atoms with Gasteiger partial charge in [0.05, 0.1) is 5.69 Å². The SMILES string of the molecule is CC(C)=NNc1ccc(Cc2ccc(Cl)cc2Cl)nn1. The van der Waals surface area contributed by atoms with Crippen LogP contribution in [-0.4, -0.2) is 15.9 Å². The fourth-order valence-corrected chi connectivity index (χ4v) is 2.02. The van der Waals surface area contributed by atoms with Crippen molar-refractivity contribution in [1.29, 1.82) is 0 Å². The van der Waals surface area contributed by atoms with E-state index in [0.29, 0.717) is 22.3 Å². The van der Waals surface area contributed by atoms with Crippen LogP contribution in [0.2, 0.25) is 10.0 Å². The van der Waals surface area contributed by atoms with Crippen LogP contribution in [0.3, 0.4) is 0 Å². The summed E-state index contributed by atoms with van der Waals surface area (Å²) in [6, 6.07) is 9.15. The first-order chi connectivity index (χ1) is 9.54. The zero-order chi connectivity index (χ0) is 14.5. The molecule has 20 heavy (non-hydrogen) atoms. The van der Waals surface area contributed by atoms with Crippen molar-refractivity contribution >= 4 is 34.7 Å². The standard InChI is InChI=1S/C14H14Cl2N4/c1-9(2)17-19-14-6-5-12(18-20-14)7-10-3-4-11(15)8-13(10)16/h3-6,8H,7H2,1-2H3,(H,19,20). The molecule has 0 amide bonds. The molecular formula is C14H14Cl2N4. The summed E-state index contributed by atoms with van der Waals surface area (Å²) in [6.45, 7) is 3.80. The van der Waals surface area contributed by atoms with Crippen molar-refractivity contribution in [3.05, 3.63) is 51.6 Å². The number of benzene rings is 1. The Kier molecular flexibility index (Phi) is 4.93. The second kappa shape index (κ2) is 6.68. The van der Waals surface area contributed by atoms with Gasteiger partial charge in [-0.2, -0.15) is 10.2 Å². The fourth-order valence-electron chi connectivity index (χ4n) is 1.54. The predicted molar refractivity (Wildman–Crippen MR) is 83.7 cm³/mol. The molecular weight excluding hydrogens is 295 g/mol. The monoisotopic (exact) mass is 308 g/mol. The van der Waals surface area contributed by atoms with Gasteiger partial charge in [0.2, 0.25) is 0 Å². The first-order valence-corrected chi connectivity index (χ1v) is 6.83. The molecule has 0 aliphatic carbocycles.